The number of nitrogens with one attached hydrogen (secondary N) is 2. The van der Waals surface area contributed by atoms with Crippen molar-refractivity contribution in [1.82, 2.24) is 15.2 Å². The zero-order valence-electron chi connectivity index (χ0n) is 18.9. The molecule has 1 saturated heterocycles. The minimum atomic E-state index is -0.507. The number of carbonyl (C=O) groups excluding carboxylic acids is 2. The van der Waals surface area contributed by atoms with E-state index in [0.29, 0.717) is 18.7 Å². The molecule has 0 radical (unpaired) electrons. The predicted octanol–water partition coefficient (Wildman–Crippen LogP) is 5.29. The number of fused-ring (bicyclic) bond motifs is 1. The van der Waals surface area contributed by atoms with Gasteiger partial charge < -0.3 is 19.9 Å². The van der Waals surface area contributed by atoms with Crippen molar-refractivity contribution in [3.05, 3.63) is 71.9 Å². The lowest BCUT2D eigenvalue weighted by molar-refractivity contribution is 0.0167. The van der Waals surface area contributed by atoms with Crippen LogP contribution in [-0.4, -0.2) is 40.6 Å². The number of rotatable bonds is 4. The number of amides is 2. The van der Waals surface area contributed by atoms with Crippen molar-refractivity contribution >= 4 is 22.9 Å². The van der Waals surface area contributed by atoms with Crippen LogP contribution in [0.3, 0.4) is 0 Å². The molecule has 0 saturated carbocycles. The number of nitrogens with zero attached hydrogens (tertiary/aromatic N) is 1. The summed E-state index contributed by atoms with van der Waals surface area (Å²) in [6.45, 7) is 6.87. The zero-order chi connectivity index (χ0) is 22.7. The van der Waals surface area contributed by atoms with Crippen LogP contribution in [0.2, 0.25) is 0 Å². The van der Waals surface area contributed by atoms with Crippen molar-refractivity contribution in [2.45, 2.75) is 45.3 Å². The van der Waals surface area contributed by atoms with Crippen LogP contribution in [0.15, 0.2) is 60.8 Å². The molecular formula is C26H31N3O3. The monoisotopic (exact) mass is 433 g/mol. The summed E-state index contributed by atoms with van der Waals surface area (Å²) in [7, 11) is 0. The maximum absolute atomic E-state index is 13.3. The fraction of sp³-hybridized carbons (Fsp3) is 0.385. The quantitative estimate of drug-likeness (QED) is 0.587. The van der Waals surface area contributed by atoms with Crippen LogP contribution in [0.25, 0.3) is 10.9 Å². The number of para-hydroxylation sites is 1. The standard InChI is InChI=1S/C26H31N3O3/c1-26(2,3)32-25(31)29-16-13-20(14-17-29)22(18-8-5-4-6-9-18)28-24(30)21-11-7-10-19-12-15-27-23(19)21/h4-12,15,20,22,27H,13-14,16-17H2,1-3H3,(H,28,30). The number of aromatic amines is 1. The Bertz CT molecular complexity index is 1080. The molecule has 1 fully saturated rings. The molecule has 4 rings (SSSR count). The number of hydrogen-bond acceptors (Lipinski definition) is 3. The lowest BCUT2D eigenvalue weighted by Crippen LogP contribution is -2.44. The van der Waals surface area contributed by atoms with Gasteiger partial charge in [-0.15, -0.1) is 0 Å². The predicted molar refractivity (Wildman–Crippen MR) is 125 cm³/mol. The number of hydrogen-bond donors (Lipinski definition) is 2. The van der Waals surface area contributed by atoms with E-state index in [2.05, 4.69) is 22.4 Å². The summed E-state index contributed by atoms with van der Waals surface area (Å²) in [5.74, 6) is 0.129. The Morgan fingerprint density at radius 3 is 2.44 bits per heavy atom. The largest absolute Gasteiger partial charge is 0.444 e. The maximum atomic E-state index is 13.3. The van der Waals surface area contributed by atoms with Crippen molar-refractivity contribution in [3.8, 4) is 0 Å². The van der Waals surface area contributed by atoms with Crippen LogP contribution in [0.4, 0.5) is 4.79 Å². The highest BCUT2D eigenvalue weighted by molar-refractivity contribution is 6.05. The van der Waals surface area contributed by atoms with E-state index in [1.807, 2.05) is 69.4 Å². The molecule has 2 heterocycles. The molecule has 1 aliphatic rings. The second-order valence-electron chi connectivity index (χ2n) is 9.41. The minimum Gasteiger partial charge on any atom is -0.444 e. The van der Waals surface area contributed by atoms with E-state index in [4.69, 9.17) is 4.74 Å². The van der Waals surface area contributed by atoms with Crippen LogP contribution >= 0.6 is 0 Å². The van der Waals surface area contributed by atoms with E-state index in [1.165, 1.54) is 0 Å². The molecule has 2 N–H and O–H groups in total. The van der Waals surface area contributed by atoms with Gasteiger partial charge in [-0.2, -0.15) is 0 Å². The molecular weight excluding hydrogens is 402 g/mol. The summed E-state index contributed by atoms with van der Waals surface area (Å²) in [5, 5.41) is 4.30. The molecule has 2 aromatic carbocycles. The second kappa shape index (κ2) is 9.07. The van der Waals surface area contributed by atoms with Gasteiger partial charge in [0, 0.05) is 24.7 Å². The fourth-order valence-electron chi connectivity index (χ4n) is 4.37. The highest BCUT2D eigenvalue weighted by atomic mass is 16.6. The van der Waals surface area contributed by atoms with E-state index in [0.717, 1.165) is 29.3 Å². The Balaban J connectivity index is 1.51. The molecule has 168 valence electrons. The molecule has 1 unspecified atom stereocenters. The van der Waals surface area contributed by atoms with Gasteiger partial charge in [0.05, 0.1) is 17.1 Å². The smallest absolute Gasteiger partial charge is 0.410 e. The third kappa shape index (κ3) is 4.96. The molecule has 1 atom stereocenters. The van der Waals surface area contributed by atoms with Gasteiger partial charge in [0.1, 0.15) is 5.60 Å². The number of H-pyrrole nitrogens is 1. The van der Waals surface area contributed by atoms with Crippen LogP contribution in [-0.2, 0) is 4.74 Å². The molecule has 0 aliphatic carbocycles. The van der Waals surface area contributed by atoms with Gasteiger partial charge in [-0.3, -0.25) is 4.79 Å². The Morgan fingerprint density at radius 2 is 1.75 bits per heavy atom. The minimum absolute atomic E-state index is 0.0959. The number of likely N-dealkylation sites (tertiary alicyclic amines) is 1. The average Bonchev–Trinajstić information content (AvgIpc) is 3.26. The zero-order valence-corrected chi connectivity index (χ0v) is 18.9. The van der Waals surface area contributed by atoms with Crippen molar-refractivity contribution in [3.63, 3.8) is 0 Å². The average molecular weight is 434 g/mol. The van der Waals surface area contributed by atoms with Crippen LogP contribution < -0.4 is 5.32 Å². The summed E-state index contributed by atoms with van der Waals surface area (Å²) in [6, 6.07) is 17.7. The lowest BCUT2D eigenvalue weighted by Gasteiger charge is -2.37. The molecule has 0 bridgehead atoms. The summed E-state index contributed by atoms with van der Waals surface area (Å²) in [4.78, 5) is 30.7. The molecule has 3 aromatic rings. The van der Waals surface area contributed by atoms with Crippen LogP contribution in [0.5, 0.6) is 0 Å². The van der Waals surface area contributed by atoms with Crippen molar-refractivity contribution in [1.29, 1.82) is 0 Å². The Kier molecular flexibility index (Phi) is 6.21. The molecule has 2 amide bonds. The first-order chi connectivity index (χ1) is 15.3. The first-order valence-electron chi connectivity index (χ1n) is 11.2. The fourth-order valence-corrected chi connectivity index (χ4v) is 4.37. The number of benzene rings is 2. The number of ether oxygens (including phenoxy) is 1. The van der Waals surface area contributed by atoms with Gasteiger partial charge >= 0.3 is 6.09 Å². The lowest BCUT2D eigenvalue weighted by atomic mass is 9.85. The van der Waals surface area contributed by atoms with Gasteiger partial charge in [0.2, 0.25) is 0 Å². The third-order valence-electron chi connectivity index (χ3n) is 5.94. The molecule has 32 heavy (non-hydrogen) atoms. The van der Waals surface area contributed by atoms with Gasteiger partial charge in [0.15, 0.2) is 0 Å². The van der Waals surface area contributed by atoms with Crippen molar-refractivity contribution in [2.24, 2.45) is 5.92 Å². The van der Waals surface area contributed by atoms with Gasteiger partial charge in [-0.25, -0.2) is 4.79 Å². The van der Waals surface area contributed by atoms with Gasteiger partial charge in [-0.05, 0) is 57.2 Å². The summed E-state index contributed by atoms with van der Waals surface area (Å²) in [5.41, 5.74) is 2.05. The van der Waals surface area contributed by atoms with E-state index < -0.39 is 5.60 Å². The Hall–Kier alpha value is -3.28. The summed E-state index contributed by atoms with van der Waals surface area (Å²) >= 11 is 0. The Morgan fingerprint density at radius 1 is 1.03 bits per heavy atom. The molecule has 0 spiro atoms. The van der Waals surface area contributed by atoms with Crippen LogP contribution in [0.1, 0.15) is 55.6 Å². The summed E-state index contributed by atoms with van der Waals surface area (Å²) in [6.07, 6.45) is 3.18. The number of carbonyl (C=O) groups is 2. The normalized spacial score (nSPS) is 16.0. The summed E-state index contributed by atoms with van der Waals surface area (Å²) < 4.78 is 5.53. The van der Waals surface area contributed by atoms with Crippen LogP contribution in [0, 0.1) is 5.92 Å². The third-order valence-corrected chi connectivity index (χ3v) is 5.94. The molecule has 1 aromatic heterocycles. The van der Waals surface area contributed by atoms with E-state index >= 15 is 0 Å². The van der Waals surface area contributed by atoms with Gasteiger partial charge in [-0.1, -0.05) is 42.5 Å². The first-order valence-corrected chi connectivity index (χ1v) is 11.2. The van der Waals surface area contributed by atoms with Crippen molar-refractivity contribution in [2.75, 3.05) is 13.1 Å². The Labute approximate surface area is 188 Å². The van der Waals surface area contributed by atoms with E-state index in [-0.39, 0.29) is 24.0 Å². The molecule has 6 heteroatoms. The molecule has 1 aliphatic heterocycles. The van der Waals surface area contributed by atoms with Crippen molar-refractivity contribution < 1.29 is 14.3 Å². The van der Waals surface area contributed by atoms with Gasteiger partial charge in [0.25, 0.3) is 5.91 Å². The first kappa shape index (κ1) is 21.9. The highest BCUT2D eigenvalue weighted by Gasteiger charge is 2.32. The number of aromatic nitrogens is 1. The topological polar surface area (TPSA) is 74.4 Å². The van der Waals surface area contributed by atoms with E-state index in [1.54, 1.807) is 4.90 Å². The number of piperidine rings is 1. The highest BCUT2D eigenvalue weighted by Crippen LogP contribution is 2.32. The SMILES string of the molecule is CC(C)(C)OC(=O)N1CCC(C(NC(=O)c2cccc3cc[nH]c23)c2ccccc2)CC1. The van der Waals surface area contributed by atoms with E-state index in [9.17, 15) is 9.59 Å². The maximum Gasteiger partial charge on any atom is 0.410 e. The second-order valence-corrected chi connectivity index (χ2v) is 9.41. The molecule has 6 nitrogen and oxygen atoms in total.